The normalized spacial score (nSPS) is 17.6. The highest BCUT2D eigenvalue weighted by molar-refractivity contribution is 5.94. The maximum atomic E-state index is 11.9. The molecular weight excluding hydrogens is 226 g/mol. The summed E-state index contributed by atoms with van der Waals surface area (Å²) in [4.78, 5) is 14.2. The van der Waals surface area contributed by atoms with Crippen LogP contribution in [0.2, 0.25) is 0 Å². The maximum absolute atomic E-state index is 11.9. The van der Waals surface area contributed by atoms with Gasteiger partial charge in [0.1, 0.15) is 0 Å². The minimum atomic E-state index is -0.00562. The highest BCUT2D eigenvalue weighted by Gasteiger charge is 2.17. The van der Waals surface area contributed by atoms with Gasteiger partial charge < -0.3 is 16.0 Å². The van der Waals surface area contributed by atoms with Crippen molar-refractivity contribution in [3.63, 3.8) is 0 Å². The third kappa shape index (κ3) is 3.47. The lowest BCUT2D eigenvalue weighted by atomic mass is 9.97. The summed E-state index contributed by atoms with van der Waals surface area (Å²) in [6, 6.07) is 7.04. The molecule has 3 N–H and O–H groups in total. The van der Waals surface area contributed by atoms with Crippen molar-refractivity contribution in [1.82, 2.24) is 10.2 Å². The lowest BCUT2D eigenvalue weighted by molar-refractivity contribution is 0.0939. The van der Waals surface area contributed by atoms with Gasteiger partial charge in [0.25, 0.3) is 5.91 Å². The number of nitrogen functional groups attached to an aromatic ring is 1. The van der Waals surface area contributed by atoms with Crippen LogP contribution in [0.4, 0.5) is 5.69 Å². The Morgan fingerprint density at radius 1 is 1.33 bits per heavy atom. The van der Waals surface area contributed by atoms with Gasteiger partial charge >= 0.3 is 0 Å². The zero-order valence-electron chi connectivity index (χ0n) is 10.9. The van der Waals surface area contributed by atoms with E-state index in [4.69, 9.17) is 5.73 Å². The summed E-state index contributed by atoms with van der Waals surface area (Å²) in [6.45, 7) is 3.03. The number of carbonyl (C=O) groups is 1. The number of nitrogens with one attached hydrogen (secondary N) is 1. The zero-order chi connectivity index (χ0) is 13.0. The fourth-order valence-electron chi connectivity index (χ4n) is 2.24. The van der Waals surface area contributed by atoms with E-state index in [9.17, 15) is 4.79 Å². The standard InChI is InChI=1S/C14H21N3O/c1-17-8-6-11(7-9-17)10-16-14(18)12-2-4-13(15)5-3-12/h2-5,11H,6-10,15H2,1H3,(H,16,18). The van der Waals surface area contributed by atoms with E-state index in [2.05, 4.69) is 17.3 Å². The predicted molar refractivity (Wildman–Crippen MR) is 73.4 cm³/mol. The summed E-state index contributed by atoms with van der Waals surface area (Å²) in [5.41, 5.74) is 6.95. The molecular formula is C14H21N3O. The number of piperidine rings is 1. The van der Waals surface area contributed by atoms with Crippen LogP contribution in [0.5, 0.6) is 0 Å². The SMILES string of the molecule is CN1CCC(CNC(=O)c2ccc(N)cc2)CC1. The molecule has 2 rings (SSSR count). The molecule has 4 nitrogen and oxygen atoms in total. The highest BCUT2D eigenvalue weighted by atomic mass is 16.1. The fraction of sp³-hybridized carbons (Fsp3) is 0.500. The summed E-state index contributed by atoms with van der Waals surface area (Å²) < 4.78 is 0. The van der Waals surface area contributed by atoms with Crippen molar-refractivity contribution in [1.29, 1.82) is 0 Å². The fourth-order valence-corrected chi connectivity index (χ4v) is 2.24. The first kappa shape index (κ1) is 12.9. The van der Waals surface area contributed by atoms with E-state index in [0.29, 0.717) is 17.2 Å². The molecule has 1 heterocycles. The Hall–Kier alpha value is -1.55. The number of likely N-dealkylation sites (tertiary alicyclic amines) is 1. The smallest absolute Gasteiger partial charge is 0.251 e. The van der Waals surface area contributed by atoms with E-state index in [0.717, 1.165) is 19.6 Å². The second-order valence-electron chi connectivity index (χ2n) is 5.08. The molecule has 0 aromatic heterocycles. The number of amides is 1. The molecule has 4 heteroatoms. The van der Waals surface area contributed by atoms with E-state index in [-0.39, 0.29) is 5.91 Å². The van der Waals surface area contributed by atoms with Crippen molar-refractivity contribution in [2.24, 2.45) is 5.92 Å². The Balaban J connectivity index is 1.79. The molecule has 0 atom stereocenters. The first-order chi connectivity index (χ1) is 8.65. The molecule has 1 aromatic carbocycles. The van der Waals surface area contributed by atoms with E-state index < -0.39 is 0 Å². The van der Waals surface area contributed by atoms with Crippen LogP contribution in [0.25, 0.3) is 0 Å². The van der Waals surface area contributed by atoms with Gasteiger partial charge in [0.15, 0.2) is 0 Å². The topological polar surface area (TPSA) is 58.4 Å². The van der Waals surface area contributed by atoms with E-state index in [1.165, 1.54) is 12.8 Å². The Bertz CT molecular complexity index is 394. The van der Waals surface area contributed by atoms with Gasteiger partial charge in [-0.15, -0.1) is 0 Å². The molecule has 0 radical (unpaired) electrons. The van der Waals surface area contributed by atoms with Gasteiger partial charge in [0.2, 0.25) is 0 Å². The van der Waals surface area contributed by atoms with Crippen molar-refractivity contribution in [2.45, 2.75) is 12.8 Å². The summed E-state index contributed by atoms with van der Waals surface area (Å²) >= 11 is 0. The van der Waals surface area contributed by atoms with Crippen LogP contribution >= 0.6 is 0 Å². The lowest BCUT2D eigenvalue weighted by Gasteiger charge is -2.28. The Morgan fingerprint density at radius 2 is 1.94 bits per heavy atom. The number of nitrogens with zero attached hydrogens (tertiary/aromatic N) is 1. The van der Waals surface area contributed by atoms with Crippen LogP contribution in [-0.2, 0) is 0 Å². The minimum absolute atomic E-state index is 0.00562. The molecule has 0 unspecified atom stereocenters. The molecule has 0 bridgehead atoms. The quantitative estimate of drug-likeness (QED) is 0.792. The predicted octanol–water partition coefficient (Wildman–Crippen LogP) is 1.34. The summed E-state index contributed by atoms with van der Waals surface area (Å²) in [5, 5.41) is 3.00. The Morgan fingerprint density at radius 3 is 2.56 bits per heavy atom. The Kier molecular flexibility index (Phi) is 4.20. The third-order valence-corrected chi connectivity index (χ3v) is 3.56. The van der Waals surface area contributed by atoms with Gasteiger partial charge in [0.05, 0.1) is 0 Å². The molecule has 0 saturated carbocycles. The highest BCUT2D eigenvalue weighted by Crippen LogP contribution is 2.15. The first-order valence-corrected chi connectivity index (χ1v) is 6.47. The van der Waals surface area contributed by atoms with Crippen LogP contribution in [0.1, 0.15) is 23.2 Å². The van der Waals surface area contributed by atoms with Gasteiger partial charge in [-0.3, -0.25) is 4.79 Å². The average molecular weight is 247 g/mol. The van der Waals surface area contributed by atoms with E-state index >= 15 is 0 Å². The number of rotatable bonds is 3. The van der Waals surface area contributed by atoms with Gasteiger partial charge in [-0.25, -0.2) is 0 Å². The first-order valence-electron chi connectivity index (χ1n) is 6.47. The molecule has 1 saturated heterocycles. The second kappa shape index (κ2) is 5.87. The molecule has 1 amide bonds. The van der Waals surface area contributed by atoms with E-state index in [1.54, 1.807) is 24.3 Å². The number of nitrogens with two attached hydrogens (primary N) is 1. The number of carbonyl (C=O) groups excluding carboxylic acids is 1. The Labute approximate surface area is 108 Å². The van der Waals surface area contributed by atoms with Crippen molar-refractivity contribution in [3.05, 3.63) is 29.8 Å². The number of hydrogen-bond acceptors (Lipinski definition) is 3. The van der Waals surface area contributed by atoms with Gasteiger partial charge in [-0.1, -0.05) is 0 Å². The molecule has 1 aliphatic heterocycles. The van der Waals surface area contributed by atoms with Crippen molar-refractivity contribution < 1.29 is 4.79 Å². The van der Waals surface area contributed by atoms with Crippen molar-refractivity contribution in [2.75, 3.05) is 32.4 Å². The largest absolute Gasteiger partial charge is 0.399 e. The van der Waals surface area contributed by atoms with Gasteiger partial charge in [-0.2, -0.15) is 0 Å². The van der Waals surface area contributed by atoms with Crippen LogP contribution in [-0.4, -0.2) is 37.5 Å². The molecule has 1 aromatic rings. The second-order valence-corrected chi connectivity index (χ2v) is 5.08. The van der Waals surface area contributed by atoms with Crippen LogP contribution < -0.4 is 11.1 Å². The summed E-state index contributed by atoms with van der Waals surface area (Å²) in [7, 11) is 2.14. The summed E-state index contributed by atoms with van der Waals surface area (Å²) in [5.74, 6) is 0.604. The van der Waals surface area contributed by atoms with Gasteiger partial charge in [0, 0.05) is 17.8 Å². The van der Waals surface area contributed by atoms with E-state index in [1.807, 2.05) is 0 Å². The summed E-state index contributed by atoms with van der Waals surface area (Å²) in [6.07, 6.45) is 2.33. The van der Waals surface area contributed by atoms with Crippen molar-refractivity contribution >= 4 is 11.6 Å². The third-order valence-electron chi connectivity index (χ3n) is 3.56. The zero-order valence-corrected chi connectivity index (χ0v) is 10.9. The van der Waals surface area contributed by atoms with Crippen LogP contribution in [0, 0.1) is 5.92 Å². The van der Waals surface area contributed by atoms with Crippen LogP contribution in [0.3, 0.4) is 0 Å². The molecule has 0 spiro atoms. The minimum Gasteiger partial charge on any atom is -0.399 e. The molecule has 1 aliphatic rings. The number of hydrogen-bond donors (Lipinski definition) is 2. The molecule has 98 valence electrons. The average Bonchev–Trinajstić information content (AvgIpc) is 2.38. The number of benzene rings is 1. The van der Waals surface area contributed by atoms with Crippen molar-refractivity contribution in [3.8, 4) is 0 Å². The van der Waals surface area contributed by atoms with Crippen LogP contribution in [0.15, 0.2) is 24.3 Å². The maximum Gasteiger partial charge on any atom is 0.251 e. The monoisotopic (exact) mass is 247 g/mol. The van der Waals surface area contributed by atoms with Gasteiger partial charge in [-0.05, 0) is 63.2 Å². The molecule has 0 aliphatic carbocycles. The molecule has 18 heavy (non-hydrogen) atoms. The lowest BCUT2D eigenvalue weighted by Crippen LogP contribution is -2.36. The molecule has 1 fully saturated rings. The number of anilines is 1.